The van der Waals surface area contributed by atoms with E-state index in [1.54, 1.807) is 6.92 Å². The van der Waals surface area contributed by atoms with Crippen LogP contribution in [-0.2, 0) is 9.53 Å². The highest BCUT2D eigenvalue weighted by atomic mass is 80.0. The summed E-state index contributed by atoms with van der Waals surface area (Å²) in [6, 6.07) is 9.54. The third-order valence-corrected chi connectivity index (χ3v) is 3.18. The topological polar surface area (TPSA) is 82.1 Å². The van der Waals surface area contributed by atoms with Crippen molar-refractivity contribution in [3.05, 3.63) is 59.7 Å². The van der Waals surface area contributed by atoms with Gasteiger partial charge in [0.05, 0.1) is 0 Å². The van der Waals surface area contributed by atoms with Gasteiger partial charge in [0.15, 0.2) is 6.10 Å². The molecule has 15 heteroatoms. The summed E-state index contributed by atoms with van der Waals surface area (Å²) < 4.78 is 83.5. The fourth-order valence-electron chi connectivity index (χ4n) is 2.14. The molecule has 2 aromatic carbocycles. The number of carboxylic acid groups (broad SMARTS) is 1. The molecular formula is C20H17Br3F6O6. The van der Waals surface area contributed by atoms with Crippen LogP contribution in [-0.4, -0.2) is 39.3 Å². The highest BCUT2D eigenvalue weighted by Crippen LogP contribution is 2.27. The number of alkyl halides is 9. The Bertz CT molecular complexity index is 922. The summed E-state index contributed by atoms with van der Waals surface area (Å²) in [5.41, 5.74) is 0.229. The number of hydrogen-bond acceptors (Lipinski definition) is 5. The van der Waals surface area contributed by atoms with Crippen LogP contribution in [0.25, 0.3) is 0 Å². The number of benzene rings is 2. The Morgan fingerprint density at radius 1 is 0.943 bits per heavy atom. The van der Waals surface area contributed by atoms with E-state index in [1.807, 2.05) is 0 Å². The van der Waals surface area contributed by atoms with Crippen molar-refractivity contribution in [3.8, 4) is 11.5 Å². The van der Waals surface area contributed by atoms with Gasteiger partial charge in [0, 0.05) is 12.2 Å². The molecule has 0 radical (unpaired) electrons. The van der Waals surface area contributed by atoms with Crippen LogP contribution in [0.1, 0.15) is 28.9 Å². The first-order chi connectivity index (χ1) is 16.1. The number of aldehydes is 1. The van der Waals surface area contributed by atoms with Gasteiger partial charge < -0.3 is 19.3 Å². The third kappa shape index (κ3) is 17.3. The first-order valence-corrected chi connectivity index (χ1v) is 11.8. The molecule has 0 aliphatic rings. The highest BCUT2D eigenvalue weighted by molar-refractivity contribution is 9.38. The maximum absolute atomic E-state index is 12.0. The molecule has 2 aromatic rings. The lowest BCUT2D eigenvalue weighted by Gasteiger charge is -2.14. The maximum atomic E-state index is 12.0. The molecule has 0 amide bonds. The fraction of sp³-hybridized carbons (Fsp3) is 0.300. The van der Waals surface area contributed by atoms with Crippen molar-refractivity contribution in [2.24, 2.45) is 0 Å². The number of rotatable bonds is 7. The van der Waals surface area contributed by atoms with Crippen molar-refractivity contribution in [1.29, 1.82) is 0 Å². The monoisotopic (exact) mass is 704 g/mol. The van der Waals surface area contributed by atoms with E-state index in [-0.39, 0.29) is 20.4 Å². The maximum Gasteiger partial charge on any atom is 0.573 e. The van der Waals surface area contributed by atoms with Gasteiger partial charge in [-0.3, -0.25) is 4.79 Å². The minimum absolute atomic E-state index is 0.0890. The molecule has 0 aliphatic carbocycles. The van der Waals surface area contributed by atoms with E-state index in [9.17, 15) is 35.9 Å². The van der Waals surface area contributed by atoms with Crippen molar-refractivity contribution in [2.45, 2.75) is 28.4 Å². The van der Waals surface area contributed by atoms with Gasteiger partial charge in [-0.25, -0.2) is 4.79 Å². The molecule has 0 saturated carbocycles. The van der Waals surface area contributed by atoms with Crippen LogP contribution in [0.5, 0.6) is 11.5 Å². The van der Waals surface area contributed by atoms with E-state index in [0.717, 1.165) is 24.3 Å². The van der Waals surface area contributed by atoms with Gasteiger partial charge in [-0.15, -0.1) is 26.3 Å². The minimum atomic E-state index is -4.82. The first kappa shape index (κ1) is 33.2. The zero-order valence-electron chi connectivity index (χ0n) is 17.4. The lowest BCUT2D eigenvalue weighted by Crippen LogP contribution is -2.18. The van der Waals surface area contributed by atoms with E-state index in [2.05, 4.69) is 57.3 Å². The summed E-state index contributed by atoms with van der Waals surface area (Å²) in [5, 5.41) is 8.89. The Morgan fingerprint density at radius 3 is 1.80 bits per heavy atom. The van der Waals surface area contributed by atoms with Gasteiger partial charge in [-0.05, 0) is 36.8 Å². The molecule has 0 spiro atoms. The van der Waals surface area contributed by atoms with Crippen LogP contribution in [0.2, 0.25) is 0 Å². The van der Waals surface area contributed by atoms with E-state index in [1.165, 1.54) is 24.3 Å². The smallest absolute Gasteiger partial charge is 0.479 e. The Labute approximate surface area is 220 Å². The second-order valence-corrected chi connectivity index (χ2v) is 12.2. The second kappa shape index (κ2) is 16.0. The first-order valence-electron chi connectivity index (χ1n) is 9.01. The predicted molar refractivity (Wildman–Crippen MR) is 124 cm³/mol. The zero-order valence-corrected chi connectivity index (χ0v) is 22.2. The van der Waals surface area contributed by atoms with Crippen molar-refractivity contribution in [2.75, 3.05) is 6.61 Å². The number of carboxylic acids is 1. The number of ether oxygens (including phenoxy) is 3. The normalized spacial score (nSPS) is 11.9. The SMILES string of the molecule is BrC(Br)Br.CCOC(C(=O)O)c1cccc(OC(F)(F)F)c1.O=Cc1cccc(OC(F)(F)F)c1. The molecule has 0 fully saturated rings. The zero-order chi connectivity index (χ0) is 27.2. The van der Waals surface area contributed by atoms with Gasteiger partial charge >= 0.3 is 18.7 Å². The van der Waals surface area contributed by atoms with Gasteiger partial charge in [0.1, 0.15) is 20.4 Å². The average Bonchev–Trinajstić information content (AvgIpc) is 2.69. The summed E-state index contributed by atoms with van der Waals surface area (Å²) in [6.45, 7) is 1.72. The minimum Gasteiger partial charge on any atom is -0.479 e. The van der Waals surface area contributed by atoms with Crippen LogP contribution in [0.3, 0.4) is 0 Å². The molecule has 0 saturated heterocycles. The fourth-order valence-corrected chi connectivity index (χ4v) is 2.14. The number of aliphatic carboxylic acids is 1. The van der Waals surface area contributed by atoms with Crippen molar-refractivity contribution >= 4 is 60.0 Å². The molecule has 0 bridgehead atoms. The predicted octanol–water partition coefficient (Wildman–Crippen LogP) is 7.60. The molecule has 35 heavy (non-hydrogen) atoms. The summed E-state index contributed by atoms with van der Waals surface area (Å²) in [7, 11) is 0. The van der Waals surface area contributed by atoms with Gasteiger partial charge in [-0.2, -0.15) is 0 Å². The molecule has 196 valence electrons. The summed E-state index contributed by atoms with van der Waals surface area (Å²) >= 11 is 9.31. The number of halogens is 9. The Morgan fingerprint density at radius 2 is 1.40 bits per heavy atom. The summed E-state index contributed by atoms with van der Waals surface area (Å²) in [5.74, 6) is -2.15. The van der Waals surface area contributed by atoms with Gasteiger partial charge in [0.2, 0.25) is 0 Å². The Kier molecular flexibility index (Phi) is 15.2. The summed E-state index contributed by atoms with van der Waals surface area (Å²) in [4.78, 5) is 21.1. The van der Waals surface area contributed by atoms with E-state index >= 15 is 0 Å². The summed E-state index contributed by atoms with van der Waals surface area (Å²) in [6.07, 6.45) is -10.4. The molecule has 0 aliphatic heterocycles. The second-order valence-electron chi connectivity index (χ2n) is 5.78. The van der Waals surface area contributed by atoms with E-state index in [4.69, 9.17) is 9.84 Å². The van der Waals surface area contributed by atoms with E-state index in [0.29, 0.717) is 6.29 Å². The molecule has 1 atom stereocenters. The molecule has 1 unspecified atom stereocenters. The van der Waals surface area contributed by atoms with Crippen molar-refractivity contribution in [1.82, 2.24) is 0 Å². The van der Waals surface area contributed by atoms with E-state index < -0.39 is 36.3 Å². The van der Waals surface area contributed by atoms with Crippen LogP contribution in [0, 0.1) is 0 Å². The Hall–Kier alpha value is -1.84. The number of carbonyl (C=O) groups is 2. The van der Waals surface area contributed by atoms with Crippen LogP contribution < -0.4 is 9.47 Å². The van der Waals surface area contributed by atoms with Crippen LogP contribution in [0.4, 0.5) is 26.3 Å². The Balaban J connectivity index is 0.000000594. The quantitative estimate of drug-likeness (QED) is 0.182. The molecule has 2 rings (SSSR count). The molecular weight excluding hydrogens is 690 g/mol. The average molecular weight is 707 g/mol. The largest absolute Gasteiger partial charge is 0.573 e. The number of hydrogen-bond donors (Lipinski definition) is 1. The van der Waals surface area contributed by atoms with Crippen molar-refractivity contribution in [3.63, 3.8) is 0 Å². The lowest BCUT2D eigenvalue weighted by molar-refractivity contribution is -0.275. The third-order valence-electron chi connectivity index (χ3n) is 3.18. The number of carbonyl (C=O) groups excluding carboxylic acids is 1. The molecule has 1 N–H and O–H groups in total. The van der Waals surface area contributed by atoms with Gasteiger partial charge in [0.25, 0.3) is 0 Å². The van der Waals surface area contributed by atoms with Crippen LogP contribution >= 0.6 is 47.8 Å². The molecule has 0 heterocycles. The molecule has 0 aromatic heterocycles. The lowest BCUT2D eigenvalue weighted by atomic mass is 10.1. The molecule has 6 nitrogen and oxygen atoms in total. The van der Waals surface area contributed by atoms with Crippen LogP contribution in [0.15, 0.2) is 48.5 Å². The highest BCUT2D eigenvalue weighted by Gasteiger charge is 2.32. The van der Waals surface area contributed by atoms with Crippen molar-refractivity contribution < 1.29 is 55.2 Å². The van der Waals surface area contributed by atoms with Gasteiger partial charge in [-0.1, -0.05) is 72.1 Å². The standard InChI is InChI=1S/C11H11F3O4.C8H5F3O2.CHBr3/c1-2-17-9(10(15)16)7-4-3-5-8(6-7)18-11(12,13)14;9-8(10,11)13-7-3-1-2-6(4-7)5-12;2-1(3)4/h3-6,9H,2H2,1H3,(H,15,16);1-5H;1H.